The number of halogens is 2. The molecule has 0 spiro atoms. The predicted molar refractivity (Wildman–Crippen MR) is 39.1 cm³/mol. The molecule has 9 heavy (non-hydrogen) atoms. The van der Waals surface area contributed by atoms with Crippen LogP contribution in [0, 0.1) is 0 Å². The van der Waals surface area contributed by atoms with Crippen molar-refractivity contribution in [2.45, 2.75) is 9.65 Å². The van der Waals surface area contributed by atoms with Gasteiger partial charge in [0.15, 0.2) is 0 Å². The van der Waals surface area contributed by atoms with E-state index in [0.717, 1.165) is 0 Å². The molecule has 0 aromatic heterocycles. The molecule has 0 rings (SSSR count). The molecule has 5 heteroatoms. The summed E-state index contributed by atoms with van der Waals surface area (Å²) in [5, 5.41) is 8.25. The minimum atomic E-state index is -1.05. The maximum absolute atomic E-state index is 10.1. The molecular formula is C4H4Br2O3. The zero-order valence-corrected chi connectivity index (χ0v) is 7.42. The van der Waals surface area contributed by atoms with Crippen LogP contribution in [0.2, 0.25) is 0 Å². The van der Waals surface area contributed by atoms with E-state index >= 15 is 0 Å². The van der Waals surface area contributed by atoms with Gasteiger partial charge in [-0.2, -0.15) is 0 Å². The number of hydrogen-bond acceptors (Lipinski definition) is 2. The van der Waals surface area contributed by atoms with Crippen molar-refractivity contribution in [3.8, 4) is 0 Å². The Hall–Kier alpha value is 0.1000. The van der Waals surface area contributed by atoms with Crippen LogP contribution in [0.15, 0.2) is 0 Å². The van der Waals surface area contributed by atoms with E-state index in [1.165, 1.54) is 0 Å². The molecule has 0 aromatic rings. The molecule has 0 bridgehead atoms. The van der Waals surface area contributed by atoms with Crippen molar-refractivity contribution in [2.24, 2.45) is 0 Å². The van der Waals surface area contributed by atoms with E-state index in [1.54, 1.807) is 0 Å². The summed E-state index contributed by atoms with van der Waals surface area (Å²) < 4.78 is 0. The molecule has 0 fully saturated rings. The fourth-order valence-corrected chi connectivity index (χ4v) is 0.556. The first-order chi connectivity index (χ1) is 4.09. The summed E-state index contributed by atoms with van der Waals surface area (Å²) in [4.78, 5) is 18.5. The highest BCUT2D eigenvalue weighted by Crippen LogP contribution is 2.11. The van der Waals surface area contributed by atoms with E-state index in [1.807, 2.05) is 0 Å². The lowest BCUT2D eigenvalue weighted by atomic mass is 10.3. The summed E-state index contributed by atoms with van der Waals surface area (Å²) in [6, 6.07) is 0. The van der Waals surface area contributed by atoms with Gasteiger partial charge < -0.3 is 9.90 Å². The van der Waals surface area contributed by atoms with Crippen LogP contribution < -0.4 is 0 Å². The van der Waals surface area contributed by atoms with E-state index in [4.69, 9.17) is 5.11 Å². The van der Waals surface area contributed by atoms with Gasteiger partial charge in [0.2, 0.25) is 0 Å². The standard InChI is InChI=1S/C4H4Br2O3/c5-2(1-7)3(6)4(8)9/h1-3H,(H,8,9)/t2-,3-/m0/s1. The summed E-state index contributed by atoms with van der Waals surface area (Å²) in [5.41, 5.74) is 0. The molecule has 0 amide bonds. The Balaban J connectivity index is 3.86. The number of carbonyl (C=O) groups is 2. The fraction of sp³-hybridized carbons (Fsp3) is 0.500. The average molecular weight is 260 g/mol. The van der Waals surface area contributed by atoms with Crippen LogP contribution in [0.25, 0.3) is 0 Å². The molecule has 52 valence electrons. The molecule has 0 saturated heterocycles. The first kappa shape index (κ1) is 9.10. The van der Waals surface area contributed by atoms with Crippen LogP contribution >= 0.6 is 31.9 Å². The first-order valence-corrected chi connectivity index (χ1v) is 3.89. The molecule has 0 heterocycles. The quantitative estimate of drug-likeness (QED) is 0.603. The zero-order chi connectivity index (χ0) is 7.44. The van der Waals surface area contributed by atoms with Crippen molar-refractivity contribution >= 4 is 44.1 Å². The lowest BCUT2D eigenvalue weighted by Crippen LogP contribution is -2.24. The van der Waals surface area contributed by atoms with Crippen LogP contribution in [-0.4, -0.2) is 27.0 Å². The third-order valence-corrected chi connectivity index (χ3v) is 3.06. The molecule has 0 aromatic carbocycles. The molecule has 3 nitrogen and oxygen atoms in total. The number of carboxylic acid groups (broad SMARTS) is 1. The van der Waals surface area contributed by atoms with Crippen molar-refractivity contribution in [1.29, 1.82) is 0 Å². The lowest BCUT2D eigenvalue weighted by Gasteiger charge is -2.02. The van der Waals surface area contributed by atoms with E-state index < -0.39 is 15.6 Å². The van der Waals surface area contributed by atoms with Gasteiger partial charge in [0.05, 0.1) is 4.83 Å². The maximum atomic E-state index is 10.1. The normalized spacial score (nSPS) is 16.2. The second-order valence-electron chi connectivity index (χ2n) is 1.32. The number of aldehydes is 1. The van der Waals surface area contributed by atoms with Crippen LogP contribution in [0.3, 0.4) is 0 Å². The van der Waals surface area contributed by atoms with Gasteiger partial charge in [-0.25, -0.2) is 0 Å². The third kappa shape index (κ3) is 2.95. The van der Waals surface area contributed by atoms with Gasteiger partial charge in [-0.1, -0.05) is 31.9 Å². The SMILES string of the molecule is O=C[C@H](Br)[C@H](Br)C(=O)O. The minimum Gasteiger partial charge on any atom is -0.480 e. The van der Waals surface area contributed by atoms with Gasteiger partial charge in [-0.3, -0.25) is 4.79 Å². The highest BCUT2D eigenvalue weighted by atomic mass is 79.9. The Morgan fingerprint density at radius 1 is 1.56 bits per heavy atom. The summed E-state index contributed by atoms with van der Waals surface area (Å²) in [7, 11) is 0. The van der Waals surface area contributed by atoms with Crippen LogP contribution in [0.1, 0.15) is 0 Å². The molecule has 0 aliphatic carbocycles. The molecule has 0 radical (unpaired) electrons. The summed E-state index contributed by atoms with van der Waals surface area (Å²) in [6.45, 7) is 0. The Labute approximate surface area is 68.7 Å². The van der Waals surface area contributed by atoms with Gasteiger partial charge >= 0.3 is 5.97 Å². The first-order valence-electron chi connectivity index (χ1n) is 2.06. The Kier molecular flexibility index (Phi) is 4.05. The Morgan fingerprint density at radius 2 is 2.00 bits per heavy atom. The Morgan fingerprint density at radius 3 is 2.11 bits per heavy atom. The molecule has 0 aliphatic rings. The maximum Gasteiger partial charge on any atom is 0.318 e. The second-order valence-corrected chi connectivity index (χ2v) is 3.36. The molecule has 0 saturated carbocycles. The van der Waals surface area contributed by atoms with Crippen molar-refractivity contribution in [2.75, 3.05) is 0 Å². The number of aliphatic carboxylic acids is 1. The lowest BCUT2D eigenvalue weighted by molar-refractivity contribution is -0.136. The van der Waals surface area contributed by atoms with Crippen molar-refractivity contribution in [3.05, 3.63) is 0 Å². The Bertz CT molecular complexity index is 125. The minimum absolute atomic E-state index is 0.521. The number of carboxylic acids is 1. The van der Waals surface area contributed by atoms with E-state index in [0.29, 0.717) is 6.29 Å². The molecule has 1 N–H and O–H groups in total. The fourth-order valence-electron chi connectivity index (χ4n) is 0.205. The van der Waals surface area contributed by atoms with Gasteiger partial charge in [0.1, 0.15) is 11.1 Å². The summed E-state index contributed by atoms with van der Waals surface area (Å²) >= 11 is 5.64. The summed E-state index contributed by atoms with van der Waals surface area (Å²) in [5.74, 6) is -1.05. The van der Waals surface area contributed by atoms with Crippen molar-refractivity contribution in [1.82, 2.24) is 0 Å². The summed E-state index contributed by atoms with van der Waals surface area (Å²) in [6.07, 6.45) is 0.521. The largest absolute Gasteiger partial charge is 0.480 e. The van der Waals surface area contributed by atoms with Crippen LogP contribution in [0.5, 0.6) is 0 Å². The third-order valence-electron chi connectivity index (χ3n) is 0.645. The predicted octanol–water partition coefficient (Wildman–Crippen LogP) is 0.797. The van der Waals surface area contributed by atoms with Crippen molar-refractivity contribution < 1.29 is 14.7 Å². The number of rotatable bonds is 3. The van der Waals surface area contributed by atoms with Gasteiger partial charge in [-0.05, 0) is 0 Å². The van der Waals surface area contributed by atoms with E-state index in [2.05, 4.69) is 31.9 Å². The topological polar surface area (TPSA) is 54.4 Å². The van der Waals surface area contributed by atoms with Gasteiger partial charge in [-0.15, -0.1) is 0 Å². The highest BCUT2D eigenvalue weighted by Gasteiger charge is 2.21. The molecule has 2 atom stereocenters. The van der Waals surface area contributed by atoms with Gasteiger partial charge in [0.25, 0.3) is 0 Å². The van der Waals surface area contributed by atoms with Gasteiger partial charge in [0, 0.05) is 0 Å². The monoisotopic (exact) mass is 258 g/mol. The number of hydrogen-bond donors (Lipinski definition) is 1. The van der Waals surface area contributed by atoms with E-state index in [9.17, 15) is 9.59 Å². The number of carbonyl (C=O) groups excluding carboxylic acids is 1. The molecule has 0 aliphatic heterocycles. The van der Waals surface area contributed by atoms with Crippen LogP contribution in [-0.2, 0) is 9.59 Å². The zero-order valence-electron chi connectivity index (χ0n) is 4.25. The average Bonchev–Trinajstić information content (AvgIpc) is 1.84. The number of alkyl halides is 2. The highest BCUT2D eigenvalue weighted by molar-refractivity contribution is 9.12. The van der Waals surface area contributed by atoms with E-state index in [-0.39, 0.29) is 0 Å². The smallest absolute Gasteiger partial charge is 0.318 e. The van der Waals surface area contributed by atoms with Crippen molar-refractivity contribution in [3.63, 3.8) is 0 Å². The molecule has 0 unspecified atom stereocenters. The molecular weight excluding hydrogens is 256 g/mol. The second kappa shape index (κ2) is 4.00. The van der Waals surface area contributed by atoms with Crippen LogP contribution in [0.4, 0.5) is 0 Å².